The Hall–Kier alpha value is -1.11. The molecule has 1 heterocycles. The van der Waals surface area contributed by atoms with E-state index in [4.69, 9.17) is 9.47 Å². The van der Waals surface area contributed by atoms with E-state index in [0.717, 1.165) is 5.56 Å². The van der Waals surface area contributed by atoms with Crippen molar-refractivity contribution < 1.29 is 19.4 Å². The highest BCUT2D eigenvalue weighted by Crippen LogP contribution is 2.15. The van der Waals surface area contributed by atoms with Crippen molar-refractivity contribution in [3.05, 3.63) is 35.9 Å². The van der Waals surface area contributed by atoms with Gasteiger partial charge < -0.3 is 19.5 Å². The molecule has 1 amide bonds. The smallest absolute Gasteiger partial charge is 0.410 e. The minimum absolute atomic E-state index is 0.235. The lowest BCUT2D eigenvalue weighted by Gasteiger charge is -2.16. The molecule has 1 aliphatic heterocycles. The van der Waals surface area contributed by atoms with Crippen LogP contribution in [0.25, 0.3) is 0 Å². The van der Waals surface area contributed by atoms with Gasteiger partial charge in [-0.2, -0.15) is 0 Å². The molecular formula is C14H18BrNO4. The Balaban J connectivity index is 1.79. The molecule has 1 fully saturated rings. The van der Waals surface area contributed by atoms with Crippen molar-refractivity contribution in [2.24, 2.45) is 0 Å². The van der Waals surface area contributed by atoms with Gasteiger partial charge in [0.05, 0.1) is 25.8 Å². The number of ether oxygens (including phenoxy) is 2. The maximum absolute atomic E-state index is 11.9. The number of carbonyl (C=O) groups excluding carboxylic acids is 1. The SMILES string of the molecule is O=C(OCc1ccccc1)N1CC(O)C(OCCBr)C1. The molecule has 1 aromatic rings. The molecule has 0 bridgehead atoms. The molecule has 2 unspecified atom stereocenters. The molecular weight excluding hydrogens is 326 g/mol. The minimum Gasteiger partial charge on any atom is -0.445 e. The van der Waals surface area contributed by atoms with Crippen LogP contribution in [0.1, 0.15) is 5.56 Å². The number of aliphatic hydroxyl groups excluding tert-OH is 1. The van der Waals surface area contributed by atoms with Gasteiger partial charge in [-0.3, -0.25) is 0 Å². The van der Waals surface area contributed by atoms with Crippen molar-refractivity contribution in [3.63, 3.8) is 0 Å². The van der Waals surface area contributed by atoms with Crippen LogP contribution in [0.2, 0.25) is 0 Å². The van der Waals surface area contributed by atoms with Crippen LogP contribution in [0.4, 0.5) is 4.79 Å². The summed E-state index contributed by atoms with van der Waals surface area (Å²) in [7, 11) is 0. The molecule has 110 valence electrons. The summed E-state index contributed by atoms with van der Waals surface area (Å²) in [5, 5.41) is 10.5. The molecule has 1 N–H and O–H groups in total. The van der Waals surface area contributed by atoms with Crippen LogP contribution in [0.3, 0.4) is 0 Å². The number of β-amino-alcohol motifs (C(OH)–C–C–N with tert-alkyl or cyclic N) is 1. The second-order valence-electron chi connectivity index (χ2n) is 4.61. The maximum atomic E-state index is 11.9. The number of benzene rings is 1. The van der Waals surface area contributed by atoms with Gasteiger partial charge in [-0.05, 0) is 5.56 Å². The number of carbonyl (C=O) groups is 1. The Morgan fingerprint density at radius 1 is 1.35 bits per heavy atom. The van der Waals surface area contributed by atoms with E-state index in [1.165, 1.54) is 4.90 Å². The second kappa shape index (κ2) is 7.61. The normalized spacial score (nSPS) is 22.0. The third kappa shape index (κ3) is 4.19. The van der Waals surface area contributed by atoms with Crippen LogP contribution < -0.4 is 0 Å². The summed E-state index contributed by atoms with van der Waals surface area (Å²) in [5.41, 5.74) is 0.938. The van der Waals surface area contributed by atoms with Gasteiger partial charge in [-0.25, -0.2) is 4.79 Å². The number of hydrogen-bond donors (Lipinski definition) is 1. The zero-order valence-corrected chi connectivity index (χ0v) is 12.7. The van der Waals surface area contributed by atoms with Crippen molar-refractivity contribution >= 4 is 22.0 Å². The average molecular weight is 344 g/mol. The number of nitrogens with zero attached hydrogens (tertiary/aromatic N) is 1. The summed E-state index contributed by atoms with van der Waals surface area (Å²) in [5.74, 6) is 0. The van der Waals surface area contributed by atoms with Gasteiger partial charge in [-0.1, -0.05) is 46.3 Å². The van der Waals surface area contributed by atoms with E-state index in [2.05, 4.69) is 15.9 Å². The molecule has 0 aromatic heterocycles. The molecule has 0 radical (unpaired) electrons. The van der Waals surface area contributed by atoms with Gasteiger partial charge in [0, 0.05) is 5.33 Å². The summed E-state index contributed by atoms with van der Waals surface area (Å²) in [6, 6.07) is 9.50. The summed E-state index contributed by atoms with van der Waals surface area (Å²) in [4.78, 5) is 13.4. The second-order valence-corrected chi connectivity index (χ2v) is 5.40. The van der Waals surface area contributed by atoms with Gasteiger partial charge in [0.25, 0.3) is 0 Å². The van der Waals surface area contributed by atoms with Crippen LogP contribution in [0.5, 0.6) is 0 Å². The first kappa shape index (κ1) is 15.3. The Morgan fingerprint density at radius 3 is 2.80 bits per heavy atom. The number of aliphatic hydroxyl groups is 1. The first-order valence-electron chi connectivity index (χ1n) is 6.52. The number of alkyl halides is 1. The topological polar surface area (TPSA) is 59.0 Å². The summed E-state index contributed by atoms with van der Waals surface area (Å²) in [6.45, 7) is 1.36. The Bertz CT molecular complexity index is 428. The molecule has 0 spiro atoms. The van der Waals surface area contributed by atoms with Crippen LogP contribution in [-0.2, 0) is 16.1 Å². The molecule has 1 aliphatic rings. The lowest BCUT2D eigenvalue weighted by atomic mass is 10.2. The molecule has 0 aliphatic carbocycles. The third-order valence-electron chi connectivity index (χ3n) is 3.11. The zero-order chi connectivity index (χ0) is 14.4. The van der Waals surface area contributed by atoms with Gasteiger partial charge in [0.15, 0.2) is 0 Å². The molecule has 1 saturated heterocycles. The van der Waals surface area contributed by atoms with Crippen molar-refractivity contribution in [2.75, 3.05) is 25.0 Å². The van der Waals surface area contributed by atoms with Gasteiger partial charge in [-0.15, -0.1) is 0 Å². The average Bonchev–Trinajstić information content (AvgIpc) is 2.85. The molecule has 1 aromatic carbocycles. The summed E-state index contributed by atoms with van der Waals surface area (Å²) in [6.07, 6.45) is -1.41. The van der Waals surface area contributed by atoms with Gasteiger partial charge in [0.1, 0.15) is 12.7 Å². The number of rotatable bonds is 5. The zero-order valence-electron chi connectivity index (χ0n) is 11.1. The number of likely N-dealkylation sites (tertiary alicyclic amines) is 1. The van der Waals surface area contributed by atoms with E-state index in [1.54, 1.807) is 0 Å². The Morgan fingerprint density at radius 2 is 2.10 bits per heavy atom. The molecule has 20 heavy (non-hydrogen) atoms. The summed E-state index contributed by atoms with van der Waals surface area (Å²) >= 11 is 3.26. The molecule has 6 heteroatoms. The van der Waals surface area contributed by atoms with E-state index < -0.39 is 12.2 Å². The number of amides is 1. The summed E-state index contributed by atoms with van der Waals surface area (Å²) < 4.78 is 10.7. The fourth-order valence-electron chi connectivity index (χ4n) is 2.08. The first-order valence-corrected chi connectivity index (χ1v) is 7.64. The van der Waals surface area contributed by atoms with Crippen molar-refractivity contribution in [1.29, 1.82) is 0 Å². The predicted molar refractivity (Wildman–Crippen MR) is 77.7 cm³/mol. The monoisotopic (exact) mass is 343 g/mol. The fourth-order valence-corrected chi connectivity index (χ4v) is 2.26. The maximum Gasteiger partial charge on any atom is 0.410 e. The molecule has 5 nitrogen and oxygen atoms in total. The first-order chi connectivity index (χ1) is 9.70. The van der Waals surface area contributed by atoms with E-state index in [0.29, 0.717) is 18.5 Å². The van der Waals surface area contributed by atoms with E-state index >= 15 is 0 Å². The highest BCUT2D eigenvalue weighted by atomic mass is 79.9. The van der Waals surface area contributed by atoms with Gasteiger partial charge in [0.2, 0.25) is 0 Å². The third-order valence-corrected chi connectivity index (χ3v) is 3.43. The van der Waals surface area contributed by atoms with Crippen LogP contribution >= 0.6 is 15.9 Å². The van der Waals surface area contributed by atoms with Gasteiger partial charge >= 0.3 is 6.09 Å². The van der Waals surface area contributed by atoms with Crippen molar-refractivity contribution in [1.82, 2.24) is 4.90 Å². The van der Waals surface area contributed by atoms with E-state index in [9.17, 15) is 9.90 Å². The predicted octanol–water partition coefficient (Wildman–Crippen LogP) is 1.78. The highest BCUT2D eigenvalue weighted by Gasteiger charge is 2.35. The molecule has 2 atom stereocenters. The lowest BCUT2D eigenvalue weighted by molar-refractivity contribution is -0.000972. The molecule has 2 rings (SSSR count). The Labute approximate surface area is 126 Å². The van der Waals surface area contributed by atoms with Crippen LogP contribution in [0, 0.1) is 0 Å². The van der Waals surface area contributed by atoms with E-state index in [1.807, 2.05) is 30.3 Å². The quantitative estimate of drug-likeness (QED) is 0.828. The van der Waals surface area contributed by atoms with Crippen LogP contribution in [0.15, 0.2) is 30.3 Å². The molecule has 0 saturated carbocycles. The number of hydrogen-bond acceptors (Lipinski definition) is 4. The van der Waals surface area contributed by atoms with Crippen molar-refractivity contribution in [3.8, 4) is 0 Å². The highest BCUT2D eigenvalue weighted by molar-refractivity contribution is 9.09. The largest absolute Gasteiger partial charge is 0.445 e. The fraction of sp³-hybridized carbons (Fsp3) is 0.500. The van der Waals surface area contributed by atoms with E-state index in [-0.39, 0.29) is 19.3 Å². The minimum atomic E-state index is -0.654. The Kier molecular flexibility index (Phi) is 5.82. The van der Waals surface area contributed by atoms with Crippen LogP contribution in [-0.4, -0.2) is 53.3 Å². The standard InChI is InChI=1S/C14H18BrNO4/c15-6-7-19-13-9-16(8-12(13)17)14(18)20-10-11-4-2-1-3-5-11/h1-5,12-13,17H,6-10H2. The van der Waals surface area contributed by atoms with Crippen molar-refractivity contribution in [2.45, 2.75) is 18.8 Å². The lowest BCUT2D eigenvalue weighted by Crippen LogP contribution is -2.30. The number of halogens is 1.